The first kappa shape index (κ1) is 19.6. The first-order valence-electron chi connectivity index (χ1n) is 9.10. The van der Waals surface area contributed by atoms with Crippen LogP contribution >= 0.6 is 11.6 Å². The second-order valence-electron chi connectivity index (χ2n) is 6.10. The number of carbonyl (C=O) groups is 1. The maximum atomic E-state index is 12.5. The smallest absolute Gasteiger partial charge is 0.274 e. The molecule has 1 heterocycles. The van der Waals surface area contributed by atoms with Crippen LogP contribution < -0.4 is 15.5 Å². The van der Waals surface area contributed by atoms with Gasteiger partial charge in [0.25, 0.3) is 5.91 Å². The van der Waals surface area contributed by atoms with Crippen LogP contribution in [0, 0.1) is 0 Å². The van der Waals surface area contributed by atoms with Gasteiger partial charge in [0.1, 0.15) is 17.8 Å². The summed E-state index contributed by atoms with van der Waals surface area (Å²) in [4.78, 5) is 23.0. The van der Waals surface area contributed by atoms with E-state index in [-0.39, 0.29) is 11.6 Å². The number of benzene rings is 2. The molecule has 0 aliphatic heterocycles. The molecule has 1 aromatic heterocycles. The van der Waals surface area contributed by atoms with Gasteiger partial charge in [-0.25, -0.2) is 9.97 Å². The minimum Gasteiger partial charge on any atom is -0.372 e. The average molecular weight is 396 g/mol. The van der Waals surface area contributed by atoms with Crippen molar-refractivity contribution in [3.63, 3.8) is 0 Å². The number of aromatic nitrogens is 2. The third kappa shape index (κ3) is 4.98. The van der Waals surface area contributed by atoms with Crippen molar-refractivity contribution in [1.82, 2.24) is 9.97 Å². The standard InChI is InChI=1S/C21H22ClN5O/c1-3-27(4-2)18-10-8-16(9-11-18)26-21(28)19-13-20(24-14-23-19)25-17-7-5-6-15(22)12-17/h5-14H,3-4H2,1-2H3,(H,26,28)(H,23,24,25). The SMILES string of the molecule is CCN(CC)c1ccc(NC(=O)c2cc(Nc3cccc(Cl)c3)ncn2)cc1. The number of nitrogens with zero attached hydrogens (tertiary/aromatic N) is 3. The lowest BCUT2D eigenvalue weighted by molar-refractivity contribution is 0.102. The molecule has 0 aliphatic rings. The fourth-order valence-corrected chi connectivity index (χ4v) is 2.99. The van der Waals surface area contributed by atoms with Gasteiger partial charge in [-0.15, -0.1) is 0 Å². The lowest BCUT2D eigenvalue weighted by Gasteiger charge is -2.21. The van der Waals surface area contributed by atoms with Crippen LogP contribution in [0.5, 0.6) is 0 Å². The summed E-state index contributed by atoms with van der Waals surface area (Å²) in [6.07, 6.45) is 1.35. The van der Waals surface area contributed by atoms with E-state index < -0.39 is 0 Å². The molecule has 0 fully saturated rings. The van der Waals surface area contributed by atoms with E-state index in [0.717, 1.165) is 24.5 Å². The molecule has 6 nitrogen and oxygen atoms in total. The highest BCUT2D eigenvalue weighted by atomic mass is 35.5. The van der Waals surface area contributed by atoms with Crippen molar-refractivity contribution >= 4 is 40.4 Å². The predicted molar refractivity (Wildman–Crippen MR) is 115 cm³/mol. The van der Waals surface area contributed by atoms with Crippen LogP contribution in [-0.4, -0.2) is 29.0 Å². The molecule has 144 valence electrons. The van der Waals surface area contributed by atoms with Crippen LogP contribution in [0.25, 0.3) is 0 Å². The third-order valence-electron chi connectivity index (χ3n) is 4.25. The zero-order chi connectivity index (χ0) is 19.9. The highest BCUT2D eigenvalue weighted by molar-refractivity contribution is 6.30. The molecule has 0 bridgehead atoms. The summed E-state index contributed by atoms with van der Waals surface area (Å²) in [6.45, 7) is 6.10. The van der Waals surface area contributed by atoms with Crippen molar-refractivity contribution in [2.24, 2.45) is 0 Å². The van der Waals surface area contributed by atoms with Gasteiger partial charge in [-0.2, -0.15) is 0 Å². The molecule has 0 aliphatic carbocycles. The zero-order valence-corrected chi connectivity index (χ0v) is 16.6. The summed E-state index contributed by atoms with van der Waals surface area (Å²) in [5.74, 6) is 0.214. The van der Waals surface area contributed by atoms with E-state index in [2.05, 4.69) is 39.3 Å². The number of anilines is 4. The van der Waals surface area contributed by atoms with E-state index in [9.17, 15) is 4.79 Å². The van der Waals surface area contributed by atoms with Crippen molar-refractivity contribution in [2.45, 2.75) is 13.8 Å². The molecule has 0 atom stereocenters. The van der Waals surface area contributed by atoms with Gasteiger partial charge in [0.05, 0.1) is 0 Å². The first-order chi connectivity index (χ1) is 13.6. The van der Waals surface area contributed by atoms with Crippen molar-refractivity contribution in [2.75, 3.05) is 28.6 Å². The average Bonchev–Trinajstić information content (AvgIpc) is 2.70. The number of rotatable bonds is 7. The molecule has 3 aromatic rings. The fraction of sp³-hybridized carbons (Fsp3) is 0.190. The van der Waals surface area contributed by atoms with Crippen LogP contribution in [0.1, 0.15) is 24.3 Å². The van der Waals surface area contributed by atoms with Crippen molar-refractivity contribution in [3.8, 4) is 0 Å². The Morgan fingerprint density at radius 1 is 1.00 bits per heavy atom. The Hall–Kier alpha value is -3.12. The molecule has 0 spiro atoms. The van der Waals surface area contributed by atoms with E-state index in [1.165, 1.54) is 6.33 Å². The number of nitrogens with one attached hydrogen (secondary N) is 2. The second-order valence-corrected chi connectivity index (χ2v) is 6.53. The quantitative estimate of drug-likeness (QED) is 0.590. The van der Waals surface area contributed by atoms with E-state index in [1.54, 1.807) is 18.2 Å². The molecule has 0 saturated carbocycles. The Morgan fingerprint density at radius 2 is 1.75 bits per heavy atom. The monoisotopic (exact) mass is 395 g/mol. The van der Waals surface area contributed by atoms with Gasteiger partial charge in [-0.3, -0.25) is 4.79 Å². The Balaban J connectivity index is 1.69. The van der Waals surface area contributed by atoms with Gasteiger partial charge >= 0.3 is 0 Å². The van der Waals surface area contributed by atoms with E-state index >= 15 is 0 Å². The lowest BCUT2D eigenvalue weighted by Crippen LogP contribution is -2.21. The summed E-state index contributed by atoms with van der Waals surface area (Å²) in [5.41, 5.74) is 2.89. The minimum atomic E-state index is -0.299. The van der Waals surface area contributed by atoms with Crippen LogP contribution in [-0.2, 0) is 0 Å². The molecule has 0 saturated heterocycles. The van der Waals surface area contributed by atoms with Crippen LogP contribution in [0.2, 0.25) is 5.02 Å². The molecule has 7 heteroatoms. The Kier molecular flexibility index (Phi) is 6.45. The molecule has 2 N–H and O–H groups in total. The Bertz CT molecular complexity index is 942. The van der Waals surface area contributed by atoms with Gasteiger partial charge in [0, 0.05) is 41.2 Å². The van der Waals surface area contributed by atoms with E-state index in [4.69, 9.17) is 11.6 Å². The zero-order valence-electron chi connectivity index (χ0n) is 15.8. The van der Waals surface area contributed by atoms with Gasteiger partial charge in [0.15, 0.2) is 0 Å². The number of hydrogen-bond donors (Lipinski definition) is 2. The maximum Gasteiger partial charge on any atom is 0.274 e. The molecular formula is C21H22ClN5O. The Labute approximate surface area is 169 Å². The Morgan fingerprint density at radius 3 is 2.43 bits per heavy atom. The summed E-state index contributed by atoms with van der Waals surface area (Å²) in [7, 11) is 0. The molecule has 3 rings (SSSR count). The summed E-state index contributed by atoms with van der Waals surface area (Å²) < 4.78 is 0. The van der Waals surface area contributed by atoms with Crippen LogP contribution in [0.4, 0.5) is 22.9 Å². The van der Waals surface area contributed by atoms with Crippen molar-refractivity contribution < 1.29 is 4.79 Å². The topological polar surface area (TPSA) is 70.2 Å². The highest BCUT2D eigenvalue weighted by Crippen LogP contribution is 2.20. The maximum absolute atomic E-state index is 12.5. The number of halogens is 1. The van der Waals surface area contributed by atoms with Gasteiger partial charge in [-0.1, -0.05) is 17.7 Å². The number of carbonyl (C=O) groups excluding carboxylic acids is 1. The van der Waals surface area contributed by atoms with Crippen LogP contribution in [0.3, 0.4) is 0 Å². The summed E-state index contributed by atoms with van der Waals surface area (Å²) >= 11 is 5.99. The predicted octanol–water partition coefficient (Wildman–Crippen LogP) is 4.97. The van der Waals surface area contributed by atoms with Crippen LogP contribution in [0.15, 0.2) is 60.9 Å². The largest absolute Gasteiger partial charge is 0.372 e. The molecule has 0 radical (unpaired) electrons. The lowest BCUT2D eigenvalue weighted by atomic mass is 10.2. The highest BCUT2D eigenvalue weighted by Gasteiger charge is 2.10. The molecular weight excluding hydrogens is 374 g/mol. The molecule has 2 aromatic carbocycles. The third-order valence-corrected chi connectivity index (χ3v) is 4.49. The number of hydrogen-bond acceptors (Lipinski definition) is 5. The second kappa shape index (κ2) is 9.19. The van der Waals surface area contributed by atoms with Gasteiger partial charge in [-0.05, 0) is 56.3 Å². The summed E-state index contributed by atoms with van der Waals surface area (Å²) in [5, 5.41) is 6.60. The van der Waals surface area contributed by atoms with Gasteiger partial charge in [0.2, 0.25) is 0 Å². The van der Waals surface area contributed by atoms with Crippen molar-refractivity contribution in [3.05, 3.63) is 71.6 Å². The molecule has 0 unspecified atom stereocenters. The van der Waals surface area contributed by atoms with E-state index in [1.807, 2.05) is 36.4 Å². The fourth-order valence-electron chi connectivity index (χ4n) is 2.80. The first-order valence-corrected chi connectivity index (χ1v) is 9.48. The summed E-state index contributed by atoms with van der Waals surface area (Å²) in [6, 6.07) is 16.6. The van der Waals surface area contributed by atoms with Crippen molar-refractivity contribution in [1.29, 1.82) is 0 Å². The number of amides is 1. The minimum absolute atomic E-state index is 0.271. The van der Waals surface area contributed by atoms with E-state index in [0.29, 0.717) is 16.5 Å². The normalized spacial score (nSPS) is 10.4. The molecule has 1 amide bonds. The van der Waals surface area contributed by atoms with Gasteiger partial charge < -0.3 is 15.5 Å². The molecule has 28 heavy (non-hydrogen) atoms.